The number of hydrogen-bond donors (Lipinski definition) is 2. The Morgan fingerprint density at radius 1 is 0.907 bits per heavy atom. The maximum Gasteiger partial charge on any atom is 0.339 e. The molecule has 0 aromatic heterocycles. The molecular formula is C32H34N2O8S. The van der Waals surface area contributed by atoms with E-state index in [9.17, 15) is 22.8 Å². The molecule has 0 saturated carbocycles. The molecule has 0 aliphatic carbocycles. The Morgan fingerprint density at radius 3 is 2.28 bits per heavy atom. The molecule has 11 heteroatoms. The van der Waals surface area contributed by atoms with Crippen LogP contribution in [0, 0.1) is 6.92 Å². The third-order valence-corrected chi connectivity index (χ3v) is 8.29. The number of para-hydroxylation sites is 1. The summed E-state index contributed by atoms with van der Waals surface area (Å²) in [7, 11) is -4.23. The van der Waals surface area contributed by atoms with Crippen molar-refractivity contribution in [1.29, 1.82) is 0 Å². The minimum atomic E-state index is -4.23. The molecule has 4 rings (SSSR count). The fraction of sp³-hybridized carbons (Fsp3) is 0.281. The van der Waals surface area contributed by atoms with Crippen LogP contribution >= 0.6 is 0 Å². The van der Waals surface area contributed by atoms with Gasteiger partial charge in [0.05, 0.1) is 11.6 Å². The minimum Gasteiger partial charge on any atom is -0.481 e. The molecule has 43 heavy (non-hydrogen) atoms. The van der Waals surface area contributed by atoms with Gasteiger partial charge in [-0.1, -0.05) is 72.6 Å². The fourth-order valence-corrected chi connectivity index (χ4v) is 5.69. The van der Waals surface area contributed by atoms with E-state index in [1.54, 1.807) is 37.3 Å². The molecule has 0 bridgehead atoms. The number of carboxylic acids is 1. The smallest absolute Gasteiger partial charge is 0.339 e. The summed E-state index contributed by atoms with van der Waals surface area (Å²) < 4.78 is 37.5. The Hall–Kier alpha value is -4.64. The largest absolute Gasteiger partial charge is 0.481 e. The van der Waals surface area contributed by atoms with Gasteiger partial charge in [0.25, 0.3) is 0 Å². The lowest BCUT2D eigenvalue weighted by molar-refractivity contribution is -0.141. The van der Waals surface area contributed by atoms with Gasteiger partial charge in [0, 0.05) is 24.2 Å². The molecule has 1 aliphatic rings. The zero-order valence-corrected chi connectivity index (χ0v) is 24.8. The van der Waals surface area contributed by atoms with Gasteiger partial charge in [-0.2, -0.15) is 8.42 Å². The number of nitrogens with zero attached hydrogens (tertiary/aromatic N) is 1. The monoisotopic (exact) mass is 606 g/mol. The maximum atomic E-state index is 13.6. The van der Waals surface area contributed by atoms with Crippen molar-refractivity contribution in [3.63, 3.8) is 0 Å². The summed E-state index contributed by atoms with van der Waals surface area (Å²) in [5, 5.41) is 11.7. The number of benzene rings is 3. The maximum absolute atomic E-state index is 13.6. The second kappa shape index (κ2) is 14.0. The third kappa shape index (κ3) is 8.01. The Balaban J connectivity index is 1.66. The standard InChI is InChI=1S/C32H34N2O8S/c1-22-16-18-25(19-17-22)43(39,40)42-27-14-9-8-13-26(27)30-29(31(37)41-21-24-11-5-3-6-12-24)23(2)34(32(38)33-30)20-10-4-7-15-28(35)36/h3,5-6,8-9,11-14,16-19,30H,4,7,10,15,20-21H2,1-2H3,(H,33,38)(H,35,36). The number of carbonyl (C=O) groups excluding carboxylic acids is 2. The van der Waals surface area contributed by atoms with Crippen LogP contribution in [0.4, 0.5) is 4.79 Å². The first-order valence-electron chi connectivity index (χ1n) is 13.9. The average molecular weight is 607 g/mol. The van der Waals surface area contributed by atoms with Crippen LogP contribution in [0.5, 0.6) is 5.75 Å². The van der Waals surface area contributed by atoms with E-state index in [1.165, 1.54) is 23.1 Å². The van der Waals surface area contributed by atoms with Gasteiger partial charge in [0.2, 0.25) is 0 Å². The number of allylic oxidation sites excluding steroid dienone is 1. The molecule has 0 saturated heterocycles. The molecule has 1 heterocycles. The molecule has 2 N–H and O–H groups in total. The first kappa shape index (κ1) is 31.3. The zero-order chi connectivity index (χ0) is 31.0. The van der Waals surface area contributed by atoms with E-state index in [-0.39, 0.29) is 41.4 Å². The molecule has 1 aliphatic heterocycles. The lowest BCUT2D eigenvalue weighted by Crippen LogP contribution is -2.48. The van der Waals surface area contributed by atoms with E-state index in [0.29, 0.717) is 25.0 Å². The number of hydrogen-bond acceptors (Lipinski definition) is 7. The molecular weight excluding hydrogens is 572 g/mol. The minimum absolute atomic E-state index is 0.00768. The molecule has 0 fully saturated rings. The highest BCUT2D eigenvalue weighted by Crippen LogP contribution is 2.37. The van der Waals surface area contributed by atoms with Crippen molar-refractivity contribution in [2.45, 2.75) is 57.1 Å². The van der Waals surface area contributed by atoms with Gasteiger partial charge in [-0.3, -0.25) is 9.69 Å². The molecule has 226 valence electrons. The van der Waals surface area contributed by atoms with Crippen LogP contribution in [-0.2, 0) is 31.1 Å². The third-order valence-electron chi connectivity index (χ3n) is 7.04. The Morgan fingerprint density at radius 2 is 1.58 bits per heavy atom. The molecule has 10 nitrogen and oxygen atoms in total. The summed E-state index contributed by atoms with van der Waals surface area (Å²) in [6, 6.07) is 20.1. The van der Waals surface area contributed by atoms with Crippen LogP contribution in [0.15, 0.2) is 95.0 Å². The molecule has 0 radical (unpaired) electrons. The lowest BCUT2D eigenvalue weighted by Gasteiger charge is -2.35. The number of esters is 1. The Bertz CT molecular complexity index is 1600. The predicted molar refractivity (Wildman–Crippen MR) is 158 cm³/mol. The van der Waals surface area contributed by atoms with Crippen molar-refractivity contribution in [2.75, 3.05) is 6.54 Å². The van der Waals surface area contributed by atoms with Gasteiger partial charge in [0.15, 0.2) is 0 Å². The van der Waals surface area contributed by atoms with Crippen LogP contribution in [0.3, 0.4) is 0 Å². The van der Waals surface area contributed by atoms with Crippen LogP contribution in [0.2, 0.25) is 0 Å². The number of urea groups is 1. The van der Waals surface area contributed by atoms with Gasteiger partial charge in [-0.05, 0) is 50.5 Å². The lowest BCUT2D eigenvalue weighted by atomic mass is 9.94. The average Bonchev–Trinajstić information content (AvgIpc) is 2.97. The van der Waals surface area contributed by atoms with E-state index in [1.807, 2.05) is 37.3 Å². The van der Waals surface area contributed by atoms with Crippen molar-refractivity contribution in [1.82, 2.24) is 10.2 Å². The summed E-state index contributed by atoms with van der Waals surface area (Å²) in [6.45, 7) is 3.71. The first-order valence-corrected chi connectivity index (χ1v) is 15.3. The number of carboxylic acid groups (broad SMARTS) is 1. The molecule has 1 unspecified atom stereocenters. The van der Waals surface area contributed by atoms with E-state index in [0.717, 1.165) is 11.1 Å². The summed E-state index contributed by atoms with van der Waals surface area (Å²) in [6.07, 6.45) is 1.59. The number of rotatable bonds is 13. The van der Waals surface area contributed by atoms with Crippen molar-refractivity contribution in [2.24, 2.45) is 0 Å². The van der Waals surface area contributed by atoms with Gasteiger partial charge in [-0.25, -0.2) is 9.59 Å². The van der Waals surface area contributed by atoms with Crippen molar-refractivity contribution in [3.05, 3.63) is 107 Å². The van der Waals surface area contributed by atoms with Crippen molar-refractivity contribution in [3.8, 4) is 5.75 Å². The molecule has 3 aromatic carbocycles. The highest BCUT2D eigenvalue weighted by Gasteiger charge is 2.38. The number of aliphatic carboxylic acids is 1. The highest BCUT2D eigenvalue weighted by molar-refractivity contribution is 7.87. The number of nitrogens with one attached hydrogen (secondary N) is 1. The number of unbranched alkanes of at least 4 members (excludes halogenated alkanes) is 2. The highest BCUT2D eigenvalue weighted by atomic mass is 32.2. The predicted octanol–water partition coefficient (Wildman–Crippen LogP) is 5.49. The molecule has 2 amide bonds. The zero-order valence-electron chi connectivity index (χ0n) is 24.0. The van der Waals surface area contributed by atoms with Crippen molar-refractivity contribution >= 4 is 28.1 Å². The van der Waals surface area contributed by atoms with Gasteiger partial charge in [-0.15, -0.1) is 0 Å². The quantitative estimate of drug-likeness (QED) is 0.148. The van der Waals surface area contributed by atoms with Crippen LogP contribution < -0.4 is 9.50 Å². The van der Waals surface area contributed by atoms with Crippen LogP contribution in [0.25, 0.3) is 0 Å². The molecule has 0 spiro atoms. The normalized spacial score (nSPS) is 15.2. The summed E-state index contributed by atoms with van der Waals surface area (Å²) in [4.78, 5) is 39.2. The Labute approximate surface area is 251 Å². The van der Waals surface area contributed by atoms with Gasteiger partial charge >= 0.3 is 28.1 Å². The number of ether oxygens (including phenoxy) is 1. The number of amides is 2. The second-order valence-corrected chi connectivity index (χ2v) is 11.7. The topological polar surface area (TPSA) is 139 Å². The molecule has 3 aromatic rings. The van der Waals surface area contributed by atoms with Gasteiger partial charge in [0.1, 0.15) is 17.3 Å². The summed E-state index contributed by atoms with van der Waals surface area (Å²) >= 11 is 0. The second-order valence-electron chi connectivity index (χ2n) is 10.2. The SMILES string of the molecule is CC1=C(C(=O)OCc2ccccc2)C(c2ccccc2OS(=O)(=O)c2ccc(C)cc2)NC(=O)N1CCCCCC(=O)O. The van der Waals surface area contributed by atoms with Crippen LogP contribution in [0.1, 0.15) is 55.3 Å². The van der Waals surface area contributed by atoms with E-state index < -0.39 is 34.1 Å². The Kier molecular flexibility index (Phi) is 10.2. The van der Waals surface area contributed by atoms with Gasteiger partial charge < -0.3 is 19.3 Å². The van der Waals surface area contributed by atoms with E-state index in [4.69, 9.17) is 14.0 Å². The summed E-state index contributed by atoms with van der Waals surface area (Å²) in [5.74, 6) is -1.61. The fourth-order valence-electron chi connectivity index (χ4n) is 4.74. The number of aryl methyl sites for hydroxylation is 1. The van der Waals surface area contributed by atoms with E-state index >= 15 is 0 Å². The van der Waals surface area contributed by atoms with Crippen molar-refractivity contribution < 1.29 is 36.8 Å². The van der Waals surface area contributed by atoms with Crippen LogP contribution in [-0.4, -0.2) is 42.9 Å². The molecule has 1 atom stereocenters. The summed E-state index contributed by atoms with van der Waals surface area (Å²) in [5.41, 5.74) is 2.40. The first-order chi connectivity index (χ1) is 20.6. The van der Waals surface area contributed by atoms with E-state index in [2.05, 4.69) is 5.32 Å². The number of carbonyl (C=O) groups is 3.